The van der Waals surface area contributed by atoms with Crippen LogP contribution >= 0.6 is 0 Å². The van der Waals surface area contributed by atoms with Crippen LogP contribution in [0, 0.1) is 11.3 Å². The number of anilines is 2. The molecule has 6 nitrogen and oxygen atoms in total. The molecule has 1 aromatic rings. The molecule has 6 heteroatoms. The standard InChI is InChI=1S/C12H11N3O3/c1-8(16)15-9-3-4-11(14-6-2-5-13)10(7-9)12(17)18/h2-4,6-7,14H,1H3,(H,15,16)(H,17,18)/b6-2+. The molecule has 0 aliphatic rings. The number of hydrogen-bond acceptors (Lipinski definition) is 4. The van der Waals surface area contributed by atoms with Gasteiger partial charge in [-0.2, -0.15) is 5.26 Å². The first kappa shape index (κ1) is 13.3. The summed E-state index contributed by atoms with van der Waals surface area (Å²) in [4.78, 5) is 21.9. The van der Waals surface area contributed by atoms with Crippen molar-refractivity contribution < 1.29 is 14.7 Å². The maximum Gasteiger partial charge on any atom is 0.337 e. The van der Waals surface area contributed by atoms with Gasteiger partial charge in [0, 0.05) is 24.9 Å². The molecule has 0 saturated carbocycles. The Labute approximate surface area is 104 Å². The lowest BCUT2D eigenvalue weighted by atomic mass is 10.1. The van der Waals surface area contributed by atoms with Crippen LogP contribution in [0.5, 0.6) is 0 Å². The first-order valence-corrected chi connectivity index (χ1v) is 5.00. The fraction of sp³-hybridized carbons (Fsp3) is 0.0833. The summed E-state index contributed by atoms with van der Waals surface area (Å²) in [6.45, 7) is 1.34. The summed E-state index contributed by atoms with van der Waals surface area (Å²) in [5.41, 5.74) is 0.738. The van der Waals surface area contributed by atoms with Crippen LogP contribution in [0.1, 0.15) is 17.3 Å². The van der Waals surface area contributed by atoms with Crippen molar-refractivity contribution in [3.63, 3.8) is 0 Å². The summed E-state index contributed by atoms with van der Waals surface area (Å²) in [5.74, 6) is -1.41. The van der Waals surface area contributed by atoms with E-state index in [1.807, 2.05) is 0 Å². The number of nitrogens with one attached hydrogen (secondary N) is 2. The number of carbonyl (C=O) groups excluding carboxylic acids is 1. The molecule has 0 aliphatic heterocycles. The zero-order valence-electron chi connectivity index (χ0n) is 9.60. The highest BCUT2D eigenvalue weighted by Crippen LogP contribution is 2.20. The summed E-state index contributed by atoms with van der Waals surface area (Å²) < 4.78 is 0. The van der Waals surface area contributed by atoms with Gasteiger partial charge in [0.1, 0.15) is 0 Å². The second-order valence-corrected chi connectivity index (χ2v) is 3.35. The molecule has 3 N–H and O–H groups in total. The lowest BCUT2D eigenvalue weighted by Crippen LogP contribution is -2.08. The molecule has 92 valence electrons. The Hall–Kier alpha value is -2.81. The molecule has 0 radical (unpaired) electrons. The molecule has 0 fully saturated rings. The number of amides is 1. The second kappa shape index (κ2) is 6.06. The van der Waals surface area contributed by atoms with Gasteiger partial charge in [-0.1, -0.05) is 0 Å². The first-order chi connectivity index (χ1) is 8.54. The van der Waals surface area contributed by atoms with Gasteiger partial charge in [-0.25, -0.2) is 4.79 Å². The van der Waals surface area contributed by atoms with Crippen molar-refractivity contribution in [3.05, 3.63) is 36.0 Å². The molecular weight excluding hydrogens is 234 g/mol. The molecule has 1 aromatic carbocycles. The van der Waals surface area contributed by atoms with E-state index in [2.05, 4.69) is 10.6 Å². The van der Waals surface area contributed by atoms with Crippen LogP contribution in [0.25, 0.3) is 0 Å². The van der Waals surface area contributed by atoms with Gasteiger partial charge in [-0.3, -0.25) is 4.79 Å². The molecule has 0 atom stereocenters. The number of benzene rings is 1. The van der Waals surface area contributed by atoms with E-state index in [-0.39, 0.29) is 11.5 Å². The van der Waals surface area contributed by atoms with E-state index in [0.29, 0.717) is 11.4 Å². The highest BCUT2D eigenvalue weighted by Gasteiger charge is 2.10. The summed E-state index contributed by atoms with van der Waals surface area (Å²) in [6, 6.07) is 6.19. The maximum absolute atomic E-state index is 11.1. The van der Waals surface area contributed by atoms with Crippen LogP contribution in [0.3, 0.4) is 0 Å². The minimum Gasteiger partial charge on any atom is -0.478 e. The number of carbonyl (C=O) groups is 2. The minimum atomic E-state index is -1.13. The normalized spacial score (nSPS) is 9.78. The SMILES string of the molecule is CC(=O)Nc1ccc(N/C=C/C#N)c(C(=O)O)c1. The number of aromatic carboxylic acids is 1. The highest BCUT2D eigenvalue weighted by molar-refractivity contribution is 5.97. The first-order valence-electron chi connectivity index (χ1n) is 5.00. The van der Waals surface area contributed by atoms with Gasteiger partial charge in [0.25, 0.3) is 0 Å². The Balaban J connectivity index is 3.05. The number of rotatable bonds is 4. The Morgan fingerprint density at radius 1 is 1.44 bits per heavy atom. The van der Waals surface area contributed by atoms with Gasteiger partial charge in [-0.05, 0) is 18.2 Å². The van der Waals surface area contributed by atoms with Crippen LogP contribution in [-0.2, 0) is 4.79 Å². The lowest BCUT2D eigenvalue weighted by molar-refractivity contribution is -0.114. The van der Waals surface area contributed by atoms with Crippen LogP contribution in [0.15, 0.2) is 30.5 Å². The lowest BCUT2D eigenvalue weighted by Gasteiger charge is -2.08. The average molecular weight is 245 g/mol. The van der Waals surface area contributed by atoms with Crippen LogP contribution in [-0.4, -0.2) is 17.0 Å². The molecule has 1 amide bonds. The highest BCUT2D eigenvalue weighted by atomic mass is 16.4. The Bertz CT molecular complexity index is 544. The van der Waals surface area contributed by atoms with Crippen molar-refractivity contribution in [2.45, 2.75) is 6.92 Å². The van der Waals surface area contributed by atoms with Gasteiger partial charge >= 0.3 is 5.97 Å². The van der Waals surface area contributed by atoms with Crippen molar-refractivity contribution in [2.24, 2.45) is 0 Å². The van der Waals surface area contributed by atoms with E-state index in [1.54, 1.807) is 12.1 Å². The average Bonchev–Trinajstić information content (AvgIpc) is 2.30. The van der Waals surface area contributed by atoms with E-state index in [4.69, 9.17) is 10.4 Å². The number of nitriles is 1. The van der Waals surface area contributed by atoms with Crippen molar-refractivity contribution in [1.29, 1.82) is 5.26 Å². The van der Waals surface area contributed by atoms with Gasteiger partial charge in [0.05, 0.1) is 17.3 Å². The molecule has 0 saturated heterocycles. The summed E-state index contributed by atoms with van der Waals surface area (Å²) in [7, 11) is 0. The molecule has 0 unspecified atom stereocenters. The quantitative estimate of drug-likeness (QED) is 0.702. The van der Waals surface area contributed by atoms with Gasteiger partial charge < -0.3 is 15.7 Å². The molecule has 0 aliphatic carbocycles. The molecule has 0 bridgehead atoms. The number of carboxylic acids is 1. The fourth-order valence-corrected chi connectivity index (χ4v) is 1.30. The molecule has 0 spiro atoms. The van der Waals surface area contributed by atoms with Crippen LogP contribution < -0.4 is 10.6 Å². The van der Waals surface area contributed by atoms with Gasteiger partial charge in [0.15, 0.2) is 0 Å². The third kappa shape index (κ3) is 3.64. The van der Waals surface area contributed by atoms with E-state index in [0.717, 1.165) is 0 Å². The number of nitrogens with zero attached hydrogens (tertiary/aromatic N) is 1. The molecule has 0 aromatic heterocycles. The number of allylic oxidation sites excluding steroid dienone is 1. The third-order valence-electron chi connectivity index (χ3n) is 1.97. The molecule has 18 heavy (non-hydrogen) atoms. The zero-order valence-corrected chi connectivity index (χ0v) is 9.60. The van der Waals surface area contributed by atoms with E-state index in [1.165, 1.54) is 31.3 Å². The van der Waals surface area contributed by atoms with E-state index >= 15 is 0 Å². The summed E-state index contributed by atoms with van der Waals surface area (Å²) in [5, 5.41) is 22.5. The molecular formula is C12H11N3O3. The van der Waals surface area contributed by atoms with Gasteiger partial charge in [0.2, 0.25) is 5.91 Å². The summed E-state index contributed by atoms with van der Waals surface area (Å²) >= 11 is 0. The fourth-order valence-electron chi connectivity index (χ4n) is 1.30. The smallest absolute Gasteiger partial charge is 0.337 e. The Morgan fingerprint density at radius 3 is 2.72 bits per heavy atom. The van der Waals surface area contributed by atoms with Crippen LogP contribution in [0.4, 0.5) is 11.4 Å². The van der Waals surface area contributed by atoms with Crippen molar-refractivity contribution in [1.82, 2.24) is 0 Å². The second-order valence-electron chi connectivity index (χ2n) is 3.35. The largest absolute Gasteiger partial charge is 0.478 e. The van der Waals surface area contributed by atoms with E-state index < -0.39 is 5.97 Å². The Morgan fingerprint density at radius 2 is 2.17 bits per heavy atom. The van der Waals surface area contributed by atoms with Crippen molar-refractivity contribution >= 4 is 23.3 Å². The van der Waals surface area contributed by atoms with Crippen LogP contribution in [0.2, 0.25) is 0 Å². The molecule has 1 rings (SSSR count). The van der Waals surface area contributed by atoms with Crippen molar-refractivity contribution in [2.75, 3.05) is 10.6 Å². The summed E-state index contributed by atoms with van der Waals surface area (Å²) in [6.07, 6.45) is 2.52. The number of hydrogen-bond donors (Lipinski definition) is 3. The van der Waals surface area contributed by atoms with Crippen molar-refractivity contribution in [3.8, 4) is 6.07 Å². The minimum absolute atomic E-state index is 0.00356. The topological polar surface area (TPSA) is 102 Å². The molecule has 0 heterocycles. The predicted octanol–water partition coefficient (Wildman–Crippen LogP) is 1.79. The van der Waals surface area contributed by atoms with E-state index in [9.17, 15) is 9.59 Å². The monoisotopic (exact) mass is 245 g/mol. The van der Waals surface area contributed by atoms with Gasteiger partial charge in [-0.15, -0.1) is 0 Å². The third-order valence-corrected chi connectivity index (χ3v) is 1.97. The maximum atomic E-state index is 11.1. The number of carboxylic acid groups (broad SMARTS) is 1. The predicted molar refractivity (Wildman–Crippen MR) is 66.1 cm³/mol. The Kier molecular flexibility index (Phi) is 4.46. The zero-order chi connectivity index (χ0) is 13.5.